The van der Waals surface area contributed by atoms with Crippen molar-refractivity contribution in [1.82, 2.24) is 9.21 Å². The summed E-state index contributed by atoms with van der Waals surface area (Å²) in [5, 5.41) is 0.665. The van der Waals surface area contributed by atoms with Gasteiger partial charge in [0.1, 0.15) is 6.61 Å². The third-order valence-electron chi connectivity index (χ3n) is 5.47. The highest BCUT2D eigenvalue weighted by molar-refractivity contribution is 9.10. The Bertz CT molecular complexity index is 954. The van der Waals surface area contributed by atoms with Crippen LogP contribution in [-0.4, -0.2) is 55.5 Å². The Hall–Kier alpha value is -1.35. The number of allylic oxidation sites excluding steroid dienone is 2. The molecule has 2 saturated heterocycles. The van der Waals surface area contributed by atoms with Crippen LogP contribution in [0.1, 0.15) is 19.3 Å². The molecule has 6 nitrogen and oxygen atoms in total. The molecule has 1 aromatic rings. The SMILES string of the molecule is O=C1OCC2=CC(Cl)=CCC2N1C1CCN(S(=O)(=O)c2ccccc2Br)CC1. The molecule has 28 heavy (non-hydrogen) atoms. The van der Waals surface area contributed by atoms with Gasteiger partial charge in [0.15, 0.2) is 0 Å². The van der Waals surface area contributed by atoms with Crippen molar-refractivity contribution < 1.29 is 17.9 Å². The number of hydrogen-bond acceptors (Lipinski definition) is 4. The minimum atomic E-state index is -3.58. The Kier molecular flexibility index (Phi) is 5.57. The molecule has 1 unspecified atom stereocenters. The van der Waals surface area contributed by atoms with Crippen molar-refractivity contribution in [2.24, 2.45) is 0 Å². The number of nitrogens with zero attached hydrogens (tertiary/aromatic N) is 2. The molecule has 0 radical (unpaired) electrons. The Morgan fingerprint density at radius 3 is 2.61 bits per heavy atom. The molecule has 0 saturated carbocycles. The number of carbonyl (C=O) groups is 1. The maximum Gasteiger partial charge on any atom is 0.410 e. The van der Waals surface area contributed by atoms with E-state index in [0.717, 1.165) is 5.57 Å². The minimum Gasteiger partial charge on any atom is -0.445 e. The first-order chi connectivity index (χ1) is 13.4. The molecule has 0 N–H and O–H groups in total. The number of ether oxygens (including phenoxy) is 1. The molecule has 0 bridgehead atoms. The second kappa shape index (κ2) is 7.82. The van der Waals surface area contributed by atoms with Gasteiger partial charge >= 0.3 is 6.09 Å². The average molecular weight is 488 g/mol. The van der Waals surface area contributed by atoms with Crippen molar-refractivity contribution in [1.29, 1.82) is 0 Å². The van der Waals surface area contributed by atoms with E-state index in [2.05, 4.69) is 15.9 Å². The standard InChI is InChI=1S/C19H20BrClN2O4S/c20-16-3-1-2-4-18(16)28(25,26)22-9-7-15(8-10-22)23-17-6-5-14(21)11-13(17)12-27-19(23)24/h1-5,11,15,17H,6-10,12H2. The summed E-state index contributed by atoms with van der Waals surface area (Å²) in [4.78, 5) is 14.5. The van der Waals surface area contributed by atoms with E-state index in [1.807, 2.05) is 12.2 Å². The number of amides is 1. The summed E-state index contributed by atoms with van der Waals surface area (Å²) >= 11 is 9.42. The van der Waals surface area contributed by atoms with E-state index in [0.29, 0.717) is 41.9 Å². The number of halogens is 2. The predicted molar refractivity (Wildman–Crippen MR) is 110 cm³/mol. The molecule has 1 amide bonds. The van der Waals surface area contributed by atoms with Gasteiger partial charge in [0.25, 0.3) is 0 Å². The van der Waals surface area contributed by atoms with Crippen LogP contribution in [0.15, 0.2) is 56.4 Å². The summed E-state index contributed by atoms with van der Waals surface area (Å²) in [5.74, 6) is 0. The molecule has 9 heteroatoms. The van der Waals surface area contributed by atoms with Gasteiger partial charge < -0.3 is 4.74 Å². The fraction of sp³-hybridized carbons (Fsp3) is 0.421. The molecule has 1 aromatic carbocycles. The normalized spacial score (nSPS) is 24.3. The van der Waals surface area contributed by atoms with E-state index in [1.54, 1.807) is 29.2 Å². The first-order valence-corrected chi connectivity index (χ1v) is 11.7. The van der Waals surface area contributed by atoms with E-state index < -0.39 is 10.0 Å². The lowest BCUT2D eigenvalue weighted by Crippen LogP contribution is -2.56. The fourth-order valence-corrected chi connectivity index (χ4v) is 6.70. The van der Waals surface area contributed by atoms with Crippen LogP contribution in [0.5, 0.6) is 0 Å². The van der Waals surface area contributed by atoms with Crippen molar-refractivity contribution >= 4 is 43.6 Å². The number of fused-ring (bicyclic) bond motifs is 1. The highest BCUT2D eigenvalue weighted by Crippen LogP contribution is 2.34. The van der Waals surface area contributed by atoms with Crippen molar-refractivity contribution in [3.05, 3.63) is 51.5 Å². The van der Waals surface area contributed by atoms with Crippen LogP contribution in [0.25, 0.3) is 0 Å². The zero-order valence-electron chi connectivity index (χ0n) is 15.1. The van der Waals surface area contributed by atoms with Gasteiger partial charge in [-0.25, -0.2) is 13.2 Å². The van der Waals surface area contributed by atoms with Crippen molar-refractivity contribution in [3.63, 3.8) is 0 Å². The zero-order valence-corrected chi connectivity index (χ0v) is 18.2. The average Bonchev–Trinajstić information content (AvgIpc) is 2.68. The largest absolute Gasteiger partial charge is 0.445 e. The molecule has 2 fully saturated rings. The Morgan fingerprint density at radius 2 is 1.89 bits per heavy atom. The lowest BCUT2D eigenvalue weighted by molar-refractivity contribution is 0.0393. The van der Waals surface area contributed by atoms with Crippen molar-refractivity contribution in [2.45, 2.75) is 36.2 Å². The topological polar surface area (TPSA) is 66.9 Å². The number of carbonyl (C=O) groups excluding carboxylic acids is 1. The lowest BCUT2D eigenvalue weighted by Gasteiger charge is -2.45. The third kappa shape index (κ3) is 3.63. The van der Waals surface area contributed by atoms with Gasteiger partial charge in [0, 0.05) is 28.6 Å². The van der Waals surface area contributed by atoms with Crippen LogP contribution < -0.4 is 0 Å². The predicted octanol–water partition coefficient (Wildman–Crippen LogP) is 3.88. The van der Waals surface area contributed by atoms with Crippen LogP contribution >= 0.6 is 27.5 Å². The molecular weight excluding hydrogens is 468 g/mol. The number of rotatable bonds is 3. The van der Waals surface area contributed by atoms with Crippen molar-refractivity contribution in [2.75, 3.05) is 19.7 Å². The summed E-state index contributed by atoms with van der Waals surface area (Å²) in [5.41, 5.74) is 0.996. The maximum absolute atomic E-state index is 13.0. The van der Waals surface area contributed by atoms with Gasteiger partial charge in [0.2, 0.25) is 10.0 Å². The number of hydrogen-bond donors (Lipinski definition) is 0. The third-order valence-corrected chi connectivity index (χ3v) is 8.64. The number of sulfonamides is 1. The quantitative estimate of drug-likeness (QED) is 0.649. The van der Waals surface area contributed by atoms with Crippen LogP contribution in [0, 0.1) is 0 Å². The van der Waals surface area contributed by atoms with Gasteiger partial charge in [0.05, 0.1) is 10.9 Å². The monoisotopic (exact) mass is 486 g/mol. The van der Waals surface area contributed by atoms with Crippen molar-refractivity contribution in [3.8, 4) is 0 Å². The van der Waals surface area contributed by atoms with Crippen LogP contribution in [0.3, 0.4) is 0 Å². The van der Waals surface area contributed by atoms with Crippen LogP contribution in [0.2, 0.25) is 0 Å². The second-order valence-electron chi connectivity index (χ2n) is 7.09. The highest BCUT2D eigenvalue weighted by atomic mass is 79.9. The van der Waals surface area contributed by atoms with E-state index in [1.165, 1.54) is 4.31 Å². The Morgan fingerprint density at radius 1 is 1.18 bits per heavy atom. The smallest absolute Gasteiger partial charge is 0.410 e. The molecule has 1 atom stereocenters. The van der Waals surface area contributed by atoms with Gasteiger partial charge in [-0.05, 0) is 59.0 Å². The zero-order chi connectivity index (χ0) is 19.9. The molecule has 1 aliphatic carbocycles. The Balaban J connectivity index is 1.49. The summed E-state index contributed by atoms with van der Waals surface area (Å²) < 4.78 is 33.3. The van der Waals surface area contributed by atoms with Gasteiger partial charge in [-0.3, -0.25) is 4.90 Å². The van der Waals surface area contributed by atoms with E-state index >= 15 is 0 Å². The summed E-state index contributed by atoms with van der Waals surface area (Å²) in [6.45, 7) is 0.986. The first kappa shape index (κ1) is 19.9. The highest BCUT2D eigenvalue weighted by Gasteiger charge is 2.41. The maximum atomic E-state index is 13.0. The van der Waals surface area contributed by atoms with Gasteiger partial charge in [-0.2, -0.15) is 4.31 Å². The lowest BCUT2D eigenvalue weighted by atomic mass is 9.93. The van der Waals surface area contributed by atoms with E-state index in [9.17, 15) is 13.2 Å². The molecule has 4 rings (SSSR count). The van der Waals surface area contributed by atoms with Gasteiger partial charge in [-0.1, -0.05) is 29.8 Å². The fourth-order valence-electron chi connectivity index (χ4n) is 4.04. The number of benzene rings is 1. The van der Waals surface area contributed by atoms with Crippen LogP contribution in [0.4, 0.5) is 4.79 Å². The molecule has 3 aliphatic rings. The molecular formula is C19H20BrClN2O4S. The summed E-state index contributed by atoms with van der Waals surface area (Å²) in [6.07, 6.45) is 5.24. The molecule has 2 heterocycles. The Labute approximate surface area is 178 Å². The molecule has 150 valence electrons. The molecule has 2 aliphatic heterocycles. The molecule has 0 spiro atoms. The first-order valence-electron chi connectivity index (χ1n) is 9.14. The number of piperidine rings is 1. The second-order valence-corrected chi connectivity index (χ2v) is 10.3. The van der Waals surface area contributed by atoms with Gasteiger partial charge in [-0.15, -0.1) is 0 Å². The van der Waals surface area contributed by atoms with Crippen LogP contribution in [-0.2, 0) is 14.8 Å². The molecule has 0 aromatic heterocycles. The summed E-state index contributed by atoms with van der Waals surface area (Å²) in [6, 6.07) is 6.70. The summed E-state index contributed by atoms with van der Waals surface area (Å²) in [7, 11) is -3.58. The number of cyclic esters (lactones) is 1. The van der Waals surface area contributed by atoms with E-state index in [4.69, 9.17) is 16.3 Å². The minimum absolute atomic E-state index is 0.0554. The van der Waals surface area contributed by atoms with E-state index in [-0.39, 0.29) is 29.7 Å².